The molecule has 1 aliphatic heterocycles. The zero-order valence-electron chi connectivity index (χ0n) is 13.8. The normalized spacial score (nSPS) is 21.5. The fourth-order valence-corrected chi connectivity index (χ4v) is 3.14. The predicted molar refractivity (Wildman–Crippen MR) is 91.3 cm³/mol. The van der Waals surface area contributed by atoms with Crippen molar-refractivity contribution in [3.8, 4) is 0 Å². The third-order valence-electron chi connectivity index (χ3n) is 4.30. The number of aryl methyl sites for hydroxylation is 1. The molecule has 1 atom stereocenters. The molecule has 122 valence electrons. The van der Waals surface area contributed by atoms with E-state index in [-0.39, 0.29) is 0 Å². The number of hydrogen-bond acceptors (Lipinski definition) is 5. The molecule has 5 nitrogen and oxygen atoms in total. The molecule has 23 heavy (non-hydrogen) atoms. The Hall–Kier alpha value is -1.98. The second-order valence-electron chi connectivity index (χ2n) is 6.59. The first kappa shape index (κ1) is 15.9. The number of nitrogens with zero attached hydrogens (tertiary/aromatic N) is 4. The van der Waals surface area contributed by atoms with Crippen LogP contribution in [0.1, 0.15) is 17.5 Å². The van der Waals surface area contributed by atoms with Crippen LogP contribution in [-0.2, 0) is 6.54 Å². The van der Waals surface area contributed by atoms with E-state index in [1.54, 1.807) is 12.4 Å². The molecule has 1 N–H and O–H groups in total. The third-order valence-corrected chi connectivity index (χ3v) is 4.30. The van der Waals surface area contributed by atoms with E-state index in [0.717, 1.165) is 25.1 Å². The monoisotopic (exact) mass is 312 g/mol. The van der Waals surface area contributed by atoms with E-state index >= 15 is 0 Å². The van der Waals surface area contributed by atoms with Gasteiger partial charge in [-0.25, -0.2) is 9.97 Å². The Bertz CT molecular complexity index is 631. The van der Waals surface area contributed by atoms with Crippen molar-refractivity contribution in [2.24, 2.45) is 0 Å². The highest BCUT2D eigenvalue weighted by molar-refractivity contribution is 5.29. The quantitative estimate of drug-likeness (QED) is 0.913. The van der Waals surface area contributed by atoms with Gasteiger partial charge in [0.1, 0.15) is 0 Å². The van der Waals surface area contributed by atoms with Gasteiger partial charge in [-0.05, 0) is 24.5 Å². The van der Waals surface area contributed by atoms with E-state index < -0.39 is 5.60 Å². The van der Waals surface area contributed by atoms with Crippen molar-refractivity contribution in [1.82, 2.24) is 14.9 Å². The molecular formula is C18H24N4O. The van der Waals surface area contributed by atoms with Gasteiger partial charge in [-0.2, -0.15) is 0 Å². The highest BCUT2D eigenvalue weighted by atomic mass is 16.3. The van der Waals surface area contributed by atoms with Crippen LogP contribution in [0.3, 0.4) is 0 Å². The summed E-state index contributed by atoms with van der Waals surface area (Å²) in [5.41, 5.74) is 1.61. The number of anilines is 1. The smallest absolute Gasteiger partial charge is 0.225 e. The molecule has 1 aromatic carbocycles. The number of aromatic nitrogens is 2. The lowest BCUT2D eigenvalue weighted by molar-refractivity contribution is 0.0559. The number of aliphatic hydroxyl groups is 1. The minimum Gasteiger partial charge on any atom is -0.387 e. The van der Waals surface area contributed by atoms with Crippen LogP contribution >= 0.6 is 0 Å². The van der Waals surface area contributed by atoms with Gasteiger partial charge in [0.15, 0.2) is 0 Å². The second kappa shape index (κ2) is 6.64. The minimum absolute atomic E-state index is 0.543. The Morgan fingerprint density at radius 1 is 1.22 bits per heavy atom. The van der Waals surface area contributed by atoms with Crippen molar-refractivity contribution in [1.29, 1.82) is 0 Å². The van der Waals surface area contributed by atoms with E-state index in [9.17, 15) is 5.11 Å². The summed E-state index contributed by atoms with van der Waals surface area (Å²) in [7, 11) is 1.93. The molecule has 1 fully saturated rings. The lowest BCUT2D eigenvalue weighted by atomic mass is 10.0. The Kier molecular flexibility index (Phi) is 4.59. The summed E-state index contributed by atoms with van der Waals surface area (Å²) in [6.07, 6.45) is 4.38. The maximum Gasteiger partial charge on any atom is 0.225 e. The third kappa shape index (κ3) is 4.06. The molecule has 1 aromatic heterocycles. The SMILES string of the molecule is Cc1cnc(N(C)CC2(O)CCN(Cc3ccccc3)C2)nc1. The Balaban J connectivity index is 1.59. The summed E-state index contributed by atoms with van der Waals surface area (Å²) >= 11 is 0. The number of hydrogen-bond donors (Lipinski definition) is 1. The molecule has 0 saturated carbocycles. The first-order valence-corrected chi connectivity index (χ1v) is 8.03. The van der Waals surface area contributed by atoms with Crippen molar-refractivity contribution >= 4 is 5.95 Å². The van der Waals surface area contributed by atoms with E-state index in [0.29, 0.717) is 19.0 Å². The molecule has 0 spiro atoms. The molecule has 3 rings (SSSR count). The predicted octanol–water partition coefficient (Wildman–Crippen LogP) is 1.86. The van der Waals surface area contributed by atoms with E-state index in [1.165, 1.54) is 5.56 Å². The first-order chi connectivity index (χ1) is 11.0. The molecule has 2 aromatic rings. The van der Waals surface area contributed by atoms with Gasteiger partial charge in [0, 0.05) is 39.1 Å². The molecule has 1 unspecified atom stereocenters. The van der Waals surface area contributed by atoms with Crippen molar-refractivity contribution < 1.29 is 5.11 Å². The molecule has 0 bridgehead atoms. The van der Waals surface area contributed by atoms with Gasteiger partial charge in [0.25, 0.3) is 0 Å². The number of likely N-dealkylation sites (N-methyl/N-ethyl adjacent to an activating group) is 1. The van der Waals surface area contributed by atoms with Gasteiger partial charge in [-0.1, -0.05) is 30.3 Å². The topological polar surface area (TPSA) is 52.5 Å². The summed E-state index contributed by atoms with van der Waals surface area (Å²) in [5, 5.41) is 10.9. The Morgan fingerprint density at radius 3 is 2.61 bits per heavy atom. The molecule has 2 heterocycles. The maximum atomic E-state index is 10.9. The highest BCUT2D eigenvalue weighted by Crippen LogP contribution is 2.24. The highest BCUT2D eigenvalue weighted by Gasteiger charge is 2.37. The van der Waals surface area contributed by atoms with Crippen molar-refractivity contribution in [2.75, 3.05) is 31.6 Å². The van der Waals surface area contributed by atoms with Gasteiger partial charge in [-0.3, -0.25) is 4.90 Å². The standard InChI is InChI=1S/C18H24N4O/c1-15-10-19-17(20-11-15)21(2)13-18(23)8-9-22(14-18)12-16-6-4-3-5-7-16/h3-7,10-11,23H,8-9,12-14H2,1-2H3. The van der Waals surface area contributed by atoms with Gasteiger partial charge in [-0.15, -0.1) is 0 Å². The molecule has 0 aliphatic carbocycles. The van der Waals surface area contributed by atoms with Crippen LogP contribution in [0.2, 0.25) is 0 Å². The van der Waals surface area contributed by atoms with Crippen molar-refractivity contribution in [3.05, 3.63) is 53.9 Å². The molecule has 1 saturated heterocycles. The van der Waals surface area contributed by atoms with Crippen LogP contribution in [0.25, 0.3) is 0 Å². The lowest BCUT2D eigenvalue weighted by Gasteiger charge is -2.29. The average molecular weight is 312 g/mol. The van der Waals surface area contributed by atoms with Gasteiger partial charge in [0.2, 0.25) is 5.95 Å². The van der Waals surface area contributed by atoms with Crippen LogP contribution in [-0.4, -0.2) is 52.3 Å². The van der Waals surface area contributed by atoms with Gasteiger partial charge in [0.05, 0.1) is 12.1 Å². The van der Waals surface area contributed by atoms with E-state index in [4.69, 9.17) is 0 Å². The van der Waals surface area contributed by atoms with Crippen LogP contribution in [0, 0.1) is 6.92 Å². The largest absolute Gasteiger partial charge is 0.387 e. The molecule has 5 heteroatoms. The summed E-state index contributed by atoms with van der Waals surface area (Å²) in [4.78, 5) is 12.9. The second-order valence-corrected chi connectivity index (χ2v) is 6.59. The average Bonchev–Trinajstić information content (AvgIpc) is 2.89. The zero-order valence-corrected chi connectivity index (χ0v) is 13.8. The summed E-state index contributed by atoms with van der Waals surface area (Å²) in [5.74, 6) is 0.658. The minimum atomic E-state index is -0.711. The number of benzene rings is 1. The van der Waals surface area contributed by atoms with E-state index in [2.05, 4.69) is 39.1 Å². The van der Waals surface area contributed by atoms with Crippen LogP contribution in [0.15, 0.2) is 42.7 Å². The van der Waals surface area contributed by atoms with Gasteiger partial charge >= 0.3 is 0 Å². The molecule has 1 aliphatic rings. The molecule has 0 radical (unpaired) electrons. The van der Waals surface area contributed by atoms with Crippen LogP contribution in [0.5, 0.6) is 0 Å². The summed E-state index contributed by atoms with van der Waals surface area (Å²) < 4.78 is 0. The first-order valence-electron chi connectivity index (χ1n) is 8.03. The Morgan fingerprint density at radius 2 is 1.91 bits per heavy atom. The lowest BCUT2D eigenvalue weighted by Crippen LogP contribution is -2.44. The van der Waals surface area contributed by atoms with Crippen LogP contribution in [0.4, 0.5) is 5.95 Å². The molecular weight excluding hydrogens is 288 g/mol. The summed E-state index contributed by atoms with van der Waals surface area (Å²) in [6, 6.07) is 10.4. The number of β-amino-alcohol motifs (C(OH)–C–C–N with tert-alkyl or cyclic N) is 1. The van der Waals surface area contributed by atoms with E-state index in [1.807, 2.05) is 24.9 Å². The molecule has 0 amide bonds. The fraction of sp³-hybridized carbons (Fsp3) is 0.444. The Labute approximate surface area is 137 Å². The van der Waals surface area contributed by atoms with Crippen molar-refractivity contribution in [2.45, 2.75) is 25.5 Å². The van der Waals surface area contributed by atoms with Gasteiger partial charge < -0.3 is 10.0 Å². The maximum absolute atomic E-state index is 10.9. The number of rotatable bonds is 5. The fourth-order valence-electron chi connectivity index (χ4n) is 3.14. The zero-order chi connectivity index (χ0) is 16.3. The van der Waals surface area contributed by atoms with Crippen LogP contribution < -0.4 is 4.90 Å². The van der Waals surface area contributed by atoms with Crippen molar-refractivity contribution in [3.63, 3.8) is 0 Å². The summed E-state index contributed by atoms with van der Waals surface area (Å²) in [6.45, 7) is 4.98. The number of likely N-dealkylation sites (tertiary alicyclic amines) is 1.